The largest absolute Gasteiger partial charge is 0.457 e. The van der Waals surface area contributed by atoms with Crippen molar-refractivity contribution in [3.8, 4) is 23.0 Å². The molecular weight excluding hydrogens is 556 g/mol. The third kappa shape index (κ3) is 6.44. The van der Waals surface area contributed by atoms with Gasteiger partial charge in [0.2, 0.25) is 0 Å². The van der Waals surface area contributed by atoms with E-state index in [0.29, 0.717) is 17.4 Å². The summed E-state index contributed by atoms with van der Waals surface area (Å²) in [6.07, 6.45) is 4.40. The standard InChI is InChI=1S/C36H38N2O6/c1-24-22-27(6-16-33(24)43-31-12-8-29(9-13-31)37(39)40)35(3,4)26-18-20-36(5,21-19-26)28-7-17-34(25(2)23-28)44-32-14-10-30(11-15-32)38(41)42/h6-17,22-23,26H,18-21H2,1-5H3. The van der Waals surface area contributed by atoms with Crippen molar-refractivity contribution in [1.82, 2.24) is 0 Å². The molecule has 0 bridgehead atoms. The summed E-state index contributed by atoms with van der Waals surface area (Å²) in [6.45, 7) is 11.1. The van der Waals surface area contributed by atoms with Crippen LogP contribution in [0.5, 0.6) is 23.0 Å². The van der Waals surface area contributed by atoms with Crippen molar-refractivity contribution in [3.05, 3.63) is 127 Å². The molecule has 0 N–H and O–H groups in total. The fourth-order valence-corrected chi connectivity index (χ4v) is 6.33. The predicted molar refractivity (Wildman–Crippen MR) is 171 cm³/mol. The minimum Gasteiger partial charge on any atom is -0.457 e. The highest BCUT2D eigenvalue weighted by molar-refractivity contribution is 5.45. The summed E-state index contributed by atoms with van der Waals surface area (Å²) < 4.78 is 12.1. The summed E-state index contributed by atoms with van der Waals surface area (Å²) in [5.74, 6) is 3.16. The molecule has 228 valence electrons. The fraction of sp³-hybridized carbons (Fsp3) is 0.333. The Kier molecular flexibility index (Phi) is 8.46. The molecule has 1 saturated carbocycles. The maximum absolute atomic E-state index is 10.9. The van der Waals surface area contributed by atoms with Gasteiger partial charge in [0, 0.05) is 24.3 Å². The summed E-state index contributed by atoms with van der Waals surface area (Å²) in [6, 6.07) is 25.0. The number of hydrogen-bond donors (Lipinski definition) is 0. The Morgan fingerprint density at radius 1 is 0.705 bits per heavy atom. The van der Waals surface area contributed by atoms with Crippen LogP contribution in [-0.2, 0) is 10.8 Å². The lowest BCUT2D eigenvalue weighted by atomic mass is 9.60. The third-order valence-electron chi connectivity index (χ3n) is 9.45. The van der Waals surface area contributed by atoms with Crippen LogP contribution in [0, 0.1) is 40.0 Å². The molecule has 0 saturated heterocycles. The van der Waals surface area contributed by atoms with Gasteiger partial charge < -0.3 is 9.47 Å². The monoisotopic (exact) mass is 594 g/mol. The molecule has 1 aliphatic carbocycles. The lowest BCUT2D eigenvalue weighted by Gasteiger charge is -2.44. The van der Waals surface area contributed by atoms with E-state index in [2.05, 4.69) is 45.0 Å². The molecule has 8 heteroatoms. The van der Waals surface area contributed by atoms with Crippen LogP contribution in [0.1, 0.15) is 68.7 Å². The minimum absolute atomic E-state index is 0.0175. The molecule has 0 aliphatic heterocycles. The molecule has 1 fully saturated rings. The van der Waals surface area contributed by atoms with E-state index in [-0.39, 0.29) is 22.2 Å². The van der Waals surface area contributed by atoms with Crippen molar-refractivity contribution in [2.75, 3.05) is 0 Å². The van der Waals surface area contributed by atoms with Crippen LogP contribution in [0.4, 0.5) is 11.4 Å². The van der Waals surface area contributed by atoms with E-state index in [1.54, 1.807) is 24.3 Å². The minimum atomic E-state index is -0.418. The summed E-state index contributed by atoms with van der Waals surface area (Å²) >= 11 is 0. The molecule has 5 rings (SSSR count). The zero-order chi connectivity index (χ0) is 31.6. The first-order chi connectivity index (χ1) is 20.9. The smallest absolute Gasteiger partial charge is 0.269 e. The van der Waals surface area contributed by atoms with Gasteiger partial charge in [-0.1, -0.05) is 45.0 Å². The van der Waals surface area contributed by atoms with Gasteiger partial charge in [-0.25, -0.2) is 0 Å². The number of nitrogens with zero attached hydrogens (tertiary/aromatic N) is 2. The molecule has 0 atom stereocenters. The Morgan fingerprint density at radius 2 is 1.16 bits per heavy atom. The van der Waals surface area contributed by atoms with Gasteiger partial charge in [-0.05, 0) is 115 Å². The first kappa shape index (κ1) is 30.7. The van der Waals surface area contributed by atoms with E-state index in [9.17, 15) is 20.2 Å². The Bertz CT molecular complexity index is 1670. The lowest BCUT2D eigenvalue weighted by molar-refractivity contribution is -0.385. The van der Waals surface area contributed by atoms with Gasteiger partial charge in [-0.15, -0.1) is 0 Å². The maximum Gasteiger partial charge on any atom is 0.269 e. The van der Waals surface area contributed by atoms with Crippen LogP contribution in [0.15, 0.2) is 84.9 Å². The molecule has 8 nitrogen and oxygen atoms in total. The van der Waals surface area contributed by atoms with Gasteiger partial charge in [0.05, 0.1) is 9.85 Å². The Labute approximate surface area is 258 Å². The molecule has 4 aromatic carbocycles. The molecule has 44 heavy (non-hydrogen) atoms. The SMILES string of the molecule is Cc1cc(C2(C)CCC(C(C)(C)c3ccc(Oc4ccc([N+](=O)[O-])cc4)c(C)c3)CC2)ccc1Oc1ccc([N+](=O)[O-])cc1. The van der Waals surface area contributed by atoms with E-state index in [0.717, 1.165) is 48.3 Å². The van der Waals surface area contributed by atoms with Crippen LogP contribution in [-0.4, -0.2) is 9.85 Å². The Hall–Kier alpha value is -4.72. The fourth-order valence-electron chi connectivity index (χ4n) is 6.33. The van der Waals surface area contributed by atoms with E-state index in [1.165, 1.54) is 35.4 Å². The Balaban J connectivity index is 1.23. The van der Waals surface area contributed by atoms with Crippen molar-refractivity contribution in [2.45, 2.75) is 71.1 Å². The summed E-state index contributed by atoms with van der Waals surface area (Å²) in [7, 11) is 0. The second kappa shape index (κ2) is 12.1. The van der Waals surface area contributed by atoms with Crippen LogP contribution < -0.4 is 9.47 Å². The van der Waals surface area contributed by atoms with Crippen molar-refractivity contribution >= 4 is 11.4 Å². The van der Waals surface area contributed by atoms with E-state index >= 15 is 0 Å². The number of nitro groups is 2. The molecule has 1 aliphatic rings. The second-order valence-electron chi connectivity index (χ2n) is 12.7. The highest BCUT2D eigenvalue weighted by Gasteiger charge is 2.39. The maximum atomic E-state index is 10.9. The third-order valence-corrected chi connectivity index (χ3v) is 9.45. The predicted octanol–water partition coefficient (Wildman–Crippen LogP) is 10.1. The van der Waals surface area contributed by atoms with Crippen LogP contribution in [0.3, 0.4) is 0 Å². The Morgan fingerprint density at radius 3 is 1.59 bits per heavy atom. The molecule has 4 aromatic rings. The number of non-ortho nitro benzene ring substituents is 2. The molecule has 0 heterocycles. The van der Waals surface area contributed by atoms with Crippen LogP contribution >= 0.6 is 0 Å². The molecule has 0 amide bonds. The normalized spacial score (nSPS) is 18.4. The molecule has 0 unspecified atom stereocenters. The van der Waals surface area contributed by atoms with Gasteiger partial charge in [0.1, 0.15) is 23.0 Å². The van der Waals surface area contributed by atoms with Gasteiger partial charge in [0.15, 0.2) is 0 Å². The summed E-state index contributed by atoms with van der Waals surface area (Å²) in [4.78, 5) is 21.0. The molecule has 0 spiro atoms. The van der Waals surface area contributed by atoms with Crippen LogP contribution in [0.25, 0.3) is 0 Å². The van der Waals surface area contributed by atoms with E-state index in [1.807, 2.05) is 26.0 Å². The molecular formula is C36H38N2O6. The van der Waals surface area contributed by atoms with Gasteiger partial charge >= 0.3 is 0 Å². The molecule has 0 radical (unpaired) electrons. The number of ether oxygens (including phenoxy) is 2. The summed E-state index contributed by atoms with van der Waals surface area (Å²) in [5, 5.41) is 21.9. The lowest BCUT2D eigenvalue weighted by Crippen LogP contribution is -2.37. The second-order valence-corrected chi connectivity index (χ2v) is 12.7. The van der Waals surface area contributed by atoms with E-state index < -0.39 is 9.85 Å². The van der Waals surface area contributed by atoms with Crippen molar-refractivity contribution in [3.63, 3.8) is 0 Å². The number of benzene rings is 4. The average molecular weight is 595 g/mol. The van der Waals surface area contributed by atoms with Crippen molar-refractivity contribution < 1.29 is 19.3 Å². The molecule has 0 aromatic heterocycles. The van der Waals surface area contributed by atoms with Crippen LogP contribution in [0.2, 0.25) is 0 Å². The van der Waals surface area contributed by atoms with Gasteiger partial charge in [-0.3, -0.25) is 20.2 Å². The number of aryl methyl sites for hydroxylation is 2. The topological polar surface area (TPSA) is 105 Å². The highest BCUT2D eigenvalue weighted by atomic mass is 16.6. The van der Waals surface area contributed by atoms with Gasteiger partial charge in [0.25, 0.3) is 11.4 Å². The van der Waals surface area contributed by atoms with Gasteiger partial charge in [-0.2, -0.15) is 0 Å². The average Bonchev–Trinajstić information content (AvgIpc) is 3.00. The number of hydrogen-bond acceptors (Lipinski definition) is 6. The zero-order valence-corrected chi connectivity index (χ0v) is 25.8. The van der Waals surface area contributed by atoms with Crippen molar-refractivity contribution in [1.29, 1.82) is 0 Å². The highest BCUT2D eigenvalue weighted by Crippen LogP contribution is 2.49. The van der Waals surface area contributed by atoms with Crippen molar-refractivity contribution in [2.24, 2.45) is 5.92 Å². The number of rotatable bonds is 9. The quantitative estimate of drug-likeness (QED) is 0.141. The summed E-state index contributed by atoms with van der Waals surface area (Å²) in [5.41, 5.74) is 4.79. The first-order valence-electron chi connectivity index (χ1n) is 14.9. The van der Waals surface area contributed by atoms with E-state index in [4.69, 9.17) is 9.47 Å². The first-order valence-corrected chi connectivity index (χ1v) is 14.9. The zero-order valence-electron chi connectivity index (χ0n) is 25.8. The number of nitro benzene ring substituents is 2.